The molecule has 1 saturated carbocycles. The molecule has 0 amide bonds. The molecule has 3 nitrogen and oxygen atoms in total. The molecule has 0 heterocycles. The number of rotatable bonds is 3. The zero-order valence-electron chi connectivity index (χ0n) is 8.19. The quantitative estimate of drug-likeness (QED) is 0.711. The number of hydrogen-bond donors (Lipinski definition) is 2. The number of hydrogen-bond acceptors (Lipinski definition) is 3. The molecule has 80 valence electrons. The summed E-state index contributed by atoms with van der Waals surface area (Å²) in [7, 11) is -1.80. The number of ether oxygens (including phenoxy) is 1. The fraction of sp³-hybridized carbons (Fsp3) is 0.400. The summed E-state index contributed by atoms with van der Waals surface area (Å²) in [6, 6.07) is 4.01. The minimum Gasteiger partial charge on any atom is -0.490 e. The third kappa shape index (κ3) is 2.30. The van der Waals surface area contributed by atoms with Crippen LogP contribution in [0.3, 0.4) is 0 Å². The van der Waals surface area contributed by atoms with Crippen LogP contribution in [-0.4, -0.2) is 23.3 Å². The van der Waals surface area contributed by atoms with Crippen molar-refractivity contribution in [2.75, 3.05) is 0 Å². The Labute approximate surface area is 87.6 Å². The second-order valence-electron chi connectivity index (χ2n) is 3.73. The van der Waals surface area contributed by atoms with Crippen molar-refractivity contribution >= 4 is 12.6 Å². The molecule has 2 N–H and O–H groups in total. The Hall–Kier alpha value is -1.07. The van der Waals surface area contributed by atoms with Gasteiger partial charge in [0.05, 0.1) is 6.10 Å². The van der Waals surface area contributed by atoms with Crippen molar-refractivity contribution in [3.05, 3.63) is 24.0 Å². The Morgan fingerprint density at radius 3 is 2.60 bits per heavy atom. The van der Waals surface area contributed by atoms with Crippen LogP contribution in [0.15, 0.2) is 18.2 Å². The topological polar surface area (TPSA) is 49.7 Å². The average molecular weight is 210 g/mol. The molecule has 0 radical (unpaired) electrons. The first-order valence-corrected chi connectivity index (χ1v) is 4.99. The second kappa shape index (κ2) is 4.20. The summed E-state index contributed by atoms with van der Waals surface area (Å²) < 4.78 is 18.6. The van der Waals surface area contributed by atoms with E-state index >= 15 is 0 Å². The molecule has 0 aromatic heterocycles. The lowest BCUT2D eigenvalue weighted by Gasteiger charge is -2.26. The van der Waals surface area contributed by atoms with Crippen LogP contribution in [-0.2, 0) is 0 Å². The second-order valence-corrected chi connectivity index (χ2v) is 3.73. The van der Waals surface area contributed by atoms with Crippen LogP contribution in [0.4, 0.5) is 4.39 Å². The van der Waals surface area contributed by atoms with Gasteiger partial charge in [-0.15, -0.1) is 0 Å². The molecule has 1 aromatic rings. The van der Waals surface area contributed by atoms with E-state index in [4.69, 9.17) is 14.8 Å². The third-order valence-corrected chi connectivity index (χ3v) is 2.60. The molecule has 0 atom stereocenters. The maximum atomic E-state index is 13.1. The molecule has 0 saturated heterocycles. The fourth-order valence-electron chi connectivity index (χ4n) is 1.47. The van der Waals surface area contributed by atoms with E-state index in [0.717, 1.165) is 19.3 Å². The van der Waals surface area contributed by atoms with Crippen LogP contribution in [0.2, 0.25) is 0 Å². The lowest BCUT2D eigenvalue weighted by atomic mass is 9.80. The van der Waals surface area contributed by atoms with E-state index in [1.54, 1.807) is 0 Å². The summed E-state index contributed by atoms with van der Waals surface area (Å²) in [4.78, 5) is 0. The first-order chi connectivity index (χ1) is 7.16. The SMILES string of the molecule is OB(O)c1cc(OC2CCC2)ccc1F. The lowest BCUT2D eigenvalue weighted by molar-refractivity contribution is 0.120. The molecule has 1 fully saturated rings. The van der Waals surface area contributed by atoms with Gasteiger partial charge in [-0.3, -0.25) is 0 Å². The van der Waals surface area contributed by atoms with Gasteiger partial charge >= 0.3 is 7.12 Å². The van der Waals surface area contributed by atoms with E-state index in [1.807, 2.05) is 0 Å². The highest BCUT2D eigenvalue weighted by molar-refractivity contribution is 6.58. The first-order valence-electron chi connectivity index (χ1n) is 4.99. The summed E-state index contributed by atoms with van der Waals surface area (Å²) in [5, 5.41) is 17.8. The van der Waals surface area contributed by atoms with Crippen LogP contribution in [0.5, 0.6) is 5.75 Å². The van der Waals surface area contributed by atoms with Crippen LogP contribution in [0.1, 0.15) is 19.3 Å². The molecule has 0 bridgehead atoms. The first kappa shape index (κ1) is 10.5. The zero-order valence-corrected chi connectivity index (χ0v) is 8.19. The van der Waals surface area contributed by atoms with E-state index < -0.39 is 12.9 Å². The van der Waals surface area contributed by atoms with E-state index in [-0.39, 0.29) is 11.6 Å². The van der Waals surface area contributed by atoms with Gasteiger partial charge in [0.2, 0.25) is 0 Å². The molecule has 1 aliphatic rings. The predicted octanol–water partition coefficient (Wildman–Crippen LogP) is 0.437. The van der Waals surface area contributed by atoms with Crippen molar-refractivity contribution in [1.29, 1.82) is 0 Å². The van der Waals surface area contributed by atoms with E-state index in [2.05, 4.69) is 0 Å². The smallest absolute Gasteiger partial charge is 0.490 e. The molecule has 5 heteroatoms. The van der Waals surface area contributed by atoms with Gasteiger partial charge in [0.15, 0.2) is 0 Å². The van der Waals surface area contributed by atoms with Crippen molar-refractivity contribution in [1.82, 2.24) is 0 Å². The van der Waals surface area contributed by atoms with E-state index in [0.29, 0.717) is 5.75 Å². The highest BCUT2D eigenvalue weighted by Gasteiger charge is 2.21. The van der Waals surface area contributed by atoms with Gasteiger partial charge in [-0.05, 0) is 37.5 Å². The molecular formula is C10H12BFO3. The Kier molecular flexibility index (Phi) is 2.93. The fourth-order valence-corrected chi connectivity index (χ4v) is 1.47. The monoisotopic (exact) mass is 210 g/mol. The maximum Gasteiger partial charge on any atom is 0.491 e. The van der Waals surface area contributed by atoms with Gasteiger partial charge < -0.3 is 14.8 Å². The normalized spacial score (nSPS) is 15.9. The molecule has 2 rings (SSSR count). The molecule has 0 spiro atoms. The van der Waals surface area contributed by atoms with Crippen molar-refractivity contribution in [2.24, 2.45) is 0 Å². The number of halogens is 1. The highest BCUT2D eigenvalue weighted by Crippen LogP contribution is 2.24. The minimum atomic E-state index is -1.80. The van der Waals surface area contributed by atoms with Crippen molar-refractivity contribution in [3.63, 3.8) is 0 Å². The maximum absolute atomic E-state index is 13.1. The predicted molar refractivity (Wildman–Crippen MR) is 54.5 cm³/mol. The van der Waals surface area contributed by atoms with Gasteiger partial charge in [0.25, 0.3) is 0 Å². The summed E-state index contributed by atoms with van der Waals surface area (Å²) >= 11 is 0. The molecule has 1 aliphatic carbocycles. The number of benzene rings is 1. The Balaban J connectivity index is 2.14. The van der Waals surface area contributed by atoms with Crippen LogP contribution < -0.4 is 10.2 Å². The van der Waals surface area contributed by atoms with E-state index in [1.165, 1.54) is 18.2 Å². The molecule has 0 aliphatic heterocycles. The largest absolute Gasteiger partial charge is 0.491 e. The van der Waals surface area contributed by atoms with Crippen LogP contribution >= 0.6 is 0 Å². The average Bonchev–Trinajstić information content (AvgIpc) is 2.13. The van der Waals surface area contributed by atoms with Gasteiger partial charge in [-0.1, -0.05) is 0 Å². The Morgan fingerprint density at radius 1 is 1.33 bits per heavy atom. The van der Waals surface area contributed by atoms with Crippen molar-refractivity contribution in [3.8, 4) is 5.75 Å². The molecule has 15 heavy (non-hydrogen) atoms. The zero-order chi connectivity index (χ0) is 10.8. The Bertz CT molecular complexity index is 353. The summed E-state index contributed by atoms with van der Waals surface area (Å²) in [6.07, 6.45) is 3.36. The van der Waals surface area contributed by atoms with Gasteiger partial charge in [0.1, 0.15) is 11.6 Å². The lowest BCUT2D eigenvalue weighted by Crippen LogP contribution is -2.33. The molecule has 1 aromatic carbocycles. The summed E-state index contributed by atoms with van der Waals surface area (Å²) in [5.74, 6) is -0.143. The minimum absolute atomic E-state index is 0.146. The van der Waals surface area contributed by atoms with Gasteiger partial charge in [-0.2, -0.15) is 0 Å². The van der Waals surface area contributed by atoms with Gasteiger partial charge in [-0.25, -0.2) is 4.39 Å². The third-order valence-electron chi connectivity index (χ3n) is 2.60. The standard InChI is InChI=1S/C10H12BFO3/c12-10-5-4-8(6-9(10)11(13)14)15-7-2-1-3-7/h4-7,13-14H,1-3H2. The molecule has 0 unspecified atom stereocenters. The van der Waals surface area contributed by atoms with E-state index in [9.17, 15) is 4.39 Å². The Morgan fingerprint density at radius 2 is 2.07 bits per heavy atom. The summed E-state index contributed by atoms with van der Waals surface area (Å²) in [5.41, 5.74) is -0.146. The van der Waals surface area contributed by atoms with Gasteiger partial charge in [0, 0.05) is 5.46 Å². The van der Waals surface area contributed by atoms with Crippen LogP contribution in [0.25, 0.3) is 0 Å². The van der Waals surface area contributed by atoms with Crippen LogP contribution in [0, 0.1) is 5.82 Å². The van der Waals surface area contributed by atoms with Crippen molar-refractivity contribution in [2.45, 2.75) is 25.4 Å². The van der Waals surface area contributed by atoms with Crippen molar-refractivity contribution < 1.29 is 19.2 Å². The molecular weight excluding hydrogens is 198 g/mol. The highest BCUT2D eigenvalue weighted by atomic mass is 19.1. The summed E-state index contributed by atoms with van der Waals surface area (Å²) in [6.45, 7) is 0.